The van der Waals surface area contributed by atoms with E-state index in [9.17, 15) is 4.39 Å². The minimum absolute atomic E-state index is 0.335. The highest BCUT2D eigenvalue weighted by Gasteiger charge is 2.20. The van der Waals surface area contributed by atoms with Gasteiger partial charge >= 0.3 is 0 Å². The van der Waals surface area contributed by atoms with Crippen molar-refractivity contribution in [3.63, 3.8) is 0 Å². The van der Waals surface area contributed by atoms with E-state index in [0.717, 1.165) is 24.7 Å². The Morgan fingerprint density at radius 1 is 1.14 bits per heavy atom. The van der Waals surface area contributed by atoms with Crippen molar-refractivity contribution in [2.75, 3.05) is 31.5 Å². The van der Waals surface area contributed by atoms with Gasteiger partial charge in [-0.2, -0.15) is 0 Å². The van der Waals surface area contributed by atoms with Crippen LogP contribution < -0.4 is 5.32 Å². The summed E-state index contributed by atoms with van der Waals surface area (Å²) in [6.07, 6.45) is 4.95. The maximum absolute atomic E-state index is 13.5. The fraction of sp³-hybridized carbons (Fsp3) is 0.565. The Labute approximate surface area is 178 Å². The molecule has 29 heavy (non-hydrogen) atoms. The van der Waals surface area contributed by atoms with E-state index in [2.05, 4.69) is 41.2 Å². The van der Waals surface area contributed by atoms with Crippen LogP contribution in [0.15, 0.2) is 30.3 Å². The van der Waals surface area contributed by atoms with Gasteiger partial charge in [0.1, 0.15) is 11.6 Å². The molecule has 2 heterocycles. The molecule has 0 bridgehead atoms. The topological polar surface area (TPSA) is 41.0 Å². The number of halogens is 2. The first-order valence-electron chi connectivity index (χ1n) is 10.6. The molecule has 158 valence electrons. The van der Waals surface area contributed by atoms with Crippen LogP contribution in [0, 0.1) is 17.2 Å². The summed E-state index contributed by atoms with van der Waals surface area (Å²) in [5.74, 6) is 1.17. The van der Waals surface area contributed by atoms with Crippen LogP contribution in [0.3, 0.4) is 0 Å². The second-order valence-electron chi connectivity index (χ2n) is 9.24. The molecule has 0 radical (unpaired) electrons. The van der Waals surface area contributed by atoms with Gasteiger partial charge in [0.2, 0.25) is 0 Å². The first-order valence-corrected chi connectivity index (χ1v) is 10.9. The van der Waals surface area contributed by atoms with Gasteiger partial charge in [0.25, 0.3) is 0 Å². The van der Waals surface area contributed by atoms with Gasteiger partial charge in [0.05, 0.1) is 10.7 Å². The Bertz CT molecular complexity index is 780. The fourth-order valence-electron chi connectivity index (χ4n) is 3.66. The summed E-state index contributed by atoms with van der Waals surface area (Å²) in [7, 11) is 0. The van der Waals surface area contributed by atoms with Crippen molar-refractivity contribution in [3.8, 4) is 11.3 Å². The second kappa shape index (κ2) is 9.86. The van der Waals surface area contributed by atoms with E-state index in [1.54, 1.807) is 0 Å². The molecule has 0 unspecified atom stereocenters. The highest BCUT2D eigenvalue weighted by molar-refractivity contribution is 6.33. The van der Waals surface area contributed by atoms with Gasteiger partial charge in [-0.15, -0.1) is 10.2 Å². The van der Waals surface area contributed by atoms with E-state index in [-0.39, 0.29) is 5.82 Å². The number of nitrogens with zero attached hydrogens (tertiary/aromatic N) is 3. The fourth-order valence-corrected chi connectivity index (χ4v) is 3.87. The third kappa shape index (κ3) is 6.93. The lowest BCUT2D eigenvalue weighted by atomic mass is 9.90. The molecule has 0 saturated carbocycles. The van der Waals surface area contributed by atoms with Gasteiger partial charge in [0, 0.05) is 12.1 Å². The number of likely N-dealkylation sites (tertiary alicyclic amines) is 1. The van der Waals surface area contributed by atoms with E-state index in [1.807, 2.05) is 12.1 Å². The zero-order valence-corrected chi connectivity index (χ0v) is 18.5. The van der Waals surface area contributed by atoms with Crippen LogP contribution in [-0.2, 0) is 0 Å². The SMILES string of the molecule is CC(C)(C)CCN1CCC(CCNc2ccc(-c3cc(F)ccc3Cl)nn2)CC1. The summed E-state index contributed by atoms with van der Waals surface area (Å²) in [5, 5.41) is 12.2. The summed E-state index contributed by atoms with van der Waals surface area (Å²) >= 11 is 6.14. The summed E-state index contributed by atoms with van der Waals surface area (Å²) in [6.45, 7) is 11.5. The Hall–Kier alpha value is -1.72. The lowest BCUT2D eigenvalue weighted by Crippen LogP contribution is -2.36. The molecule has 4 nitrogen and oxygen atoms in total. The van der Waals surface area contributed by atoms with Gasteiger partial charge in [-0.3, -0.25) is 0 Å². The van der Waals surface area contributed by atoms with E-state index >= 15 is 0 Å². The van der Waals surface area contributed by atoms with Crippen LogP contribution >= 0.6 is 11.6 Å². The molecular formula is C23H32ClFN4. The minimum Gasteiger partial charge on any atom is -0.369 e. The number of piperidine rings is 1. The Morgan fingerprint density at radius 3 is 2.55 bits per heavy atom. The molecule has 1 N–H and O–H groups in total. The number of aromatic nitrogens is 2. The Morgan fingerprint density at radius 2 is 1.90 bits per heavy atom. The lowest BCUT2D eigenvalue weighted by Gasteiger charge is -2.33. The first-order chi connectivity index (χ1) is 13.8. The van der Waals surface area contributed by atoms with Crippen molar-refractivity contribution in [1.29, 1.82) is 0 Å². The molecule has 1 aromatic heterocycles. The second-order valence-corrected chi connectivity index (χ2v) is 9.65. The van der Waals surface area contributed by atoms with Crippen molar-refractivity contribution < 1.29 is 4.39 Å². The quantitative estimate of drug-likeness (QED) is 0.608. The number of nitrogens with one attached hydrogen (secondary N) is 1. The number of anilines is 1. The molecule has 0 atom stereocenters. The van der Waals surface area contributed by atoms with Crippen molar-refractivity contribution in [2.24, 2.45) is 11.3 Å². The van der Waals surface area contributed by atoms with Crippen LogP contribution in [0.1, 0.15) is 46.5 Å². The van der Waals surface area contributed by atoms with Crippen LogP contribution in [0.2, 0.25) is 5.02 Å². The zero-order chi connectivity index (χ0) is 20.9. The Kier molecular flexibility index (Phi) is 7.47. The van der Waals surface area contributed by atoms with E-state index < -0.39 is 0 Å². The van der Waals surface area contributed by atoms with E-state index in [4.69, 9.17) is 11.6 Å². The van der Waals surface area contributed by atoms with Gasteiger partial charge in [-0.05, 0) is 87.0 Å². The first kappa shape index (κ1) is 22.0. The molecule has 6 heteroatoms. The molecule has 1 aromatic carbocycles. The third-order valence-corrected chi connectivity index (χ3v) is 5.94. The van der Waals surface area contributed by atoms with Gasteiger partial charge in [-0.25, -0.2) is 4.39 Å². The monoisotopic (exact) mass is 418 g/mol. The number of hydrogen-bond donors (Lipinski definition) is 1. The molecule has 0 spiro atoms. The molecule has 1 saturated heterocycles. The summed E-state index contributed by atoms with van der Waals surface area (Å²) in [4.78, 5) is 2.61. The van der Waals surface area contributed by atoms with Gasteiger partial charge in [0.15, 0.2) is 0 Å². The standard InChI is InChI=1S/C23H32ClFN4/c1-23(2,3)11-15-29-13-9-17(10-14-29)8-12-26-22-7-6-21(27-28-22)19-16-18(25)4-5-20(19)24/h4-7,16-17H,8-15H2,1-3H3,(H,26,28). The van der Waals surface area contributed by atoms with Crippen molar-refractivity contribution in [1.82, 2.24) is 15.1 Å². The lowest BCUT2D eigenvalue weighted by molar-refractivity contribution is 0.161. The number of benzene rings is 1. The smallest absolute Gasteiger partial charge is 0.148 e. The van der Waals surface area contributed by atoms with Crippen molar-refractivity contribution in [2.45, 2.75) is 46.5 Å². The van der Waals surface area contributed by atoms with Crippen LogP contribution in [0.25, 0.3) is 11.3 Å². The third-order valence-electron chi connectivity index (χ3n) is 5.61. The molecule has 3 rings (SSSR count). The van der Waals surface area contributed by atoms with E-state index in [1.165, 1.54) is 57.1 Å². The van der Waals surface area contributed by atoms with Gasteiger partial charge in [-0.1, -0.05) is 32.4 Å². The maximum atomic E-state index is 13.5. The van der Waals surface area contributed by atoms with Crippen LogP contribution in [0.5, 0.6) is 0 Å². The molecule has 0 amide bonds. The van der Waals surface area contributed by atoms with Crippen LogP contribution in [-0.4, -0.2) is 41.3 Å². The summed E-state index contributed by atoms with van der Waals surface area (Å²) in [6, 6.07) is 7.95. The number of rotatable bonds is 7. The zero-order valence-electron chi connectivity index (χ0n) is 17.7. The largest absolute Gasteiger partial charge is 0.369 e. The van der Waals surface area contributed by atoms with E-state index in [0.29, 0.717) is 21.7 Å². The van der Waals surface area contributed by atoms with Crippen LogP contribution in [0.4, 0.5) is 10.2 Å². The van der Waals surface area contributed by atoms with Gasteiger partial charge < -0.3 is 10.2 Å². The Balaban J connectivity index is 1.41. The predicted octanol–water partition coefficient (Wildman–Crippen LogP) is 5.89. The average molecular weight is 419 g/mol. The molecule has 2 aromatic rings. The predicted molar refractivity (Wildman–Crippen MR) is 119 cm³/mol. The van der Waals surface area contributed by atoms with Crippen molar-refractivity contribution >= 4 is 17.4 Å². The molecule has 1 aliphatic heterocycles. The normalized spacial score (nSPS) is 16.2. The highest BCUT2D eigenvalue weighted by Crippen LogP contribution is 2.27. The maximum Gasteiger partial charge on any atom is 0.148 e. The van der Waals surface area contributed by atoms with Crippen molar-refractivity contribution in [3.05, 3.63) is 41.2 Å². The molecule has 0 aliphatic carbocycles. The summed E-state index contributed by atoms with van der Waals surface area (Å²) < 4.78 is 13.5. The molecule has 1 fully saturated rings. The number of hydrogen-bond acceptors (Lipinski definition) is 4. The summed E-state index contributed by atoms with van der Waals surface area (Å²) in [5.41, 5.74) is 1.55. The molecule has 1 aliphatic rings. The minimum atomic E-state index is -0.335. The average Bonchev–Trinajstić information content (AvgIpc) is 2.69. The highest BCUT2D eigenvalue weighted by atomic mass is 35.5. The molecular weight excluding hydrogens is 387 g/mol.